The van der Waals surface area contributed by atoms with Gasteiger partial charge in [0.1, 0.15) is 17.3 Å². The zero-order valence-electron chi connectivity index (χ0n) is 19.4. The van der Waals surface area contributed by atoms with Crippen molar-refractivity contribution in [1.29, 1.82) is 0 Å². The SMILES string of the molecule is CC1=CC(c2cc(C=CC(O)=CC(=O)C=Cc3ccc(O)cc3)ccc2O)C(C(C)C)CC1. The van der Waals surface area contributed by atoms with E-state index in [9.17, 15) is 20.1 Å². The van der Waals surface area contributed by atoms with Crippen LogP contribution in [-0.4, -0.2) is 21.1 Å². The Morgan fingerprint density at radius 1 is 1.00 bits per heavy atom. The molecular weight excluding hydrogens is 412 g/mol. The fraction of sp³-hybridized carbons (Fsp3) is 0.276. The van der Waals surface area contributed by atoms with Crippen LogP contribution in [0, 0.1) is 11.8 Å². The number of hydrogen-bond acceptors (Lipinski definition) is 4. The van der Waals surface area contributed by atoms with Crippen LogP contribution in [0.5, 0.6) is 11.5 Å². The van der Waals surface area contributed by atoms with Crippen molar-refractivity contribution in [3.05, 3.63) is 94.8 Å². The van der Waals surface area contributed by atoms with Crippen LogP contribution in [-0.2, 0) is 4.79 Å². The molecular formula is C29H32O4. The summed E-state index contributed by atoms with van der Waals surface area (Å²) in [5.41, 5.74) is 3.85. The molecule has 1 aliphatic rings. The van der Waals surface area contributed by atoms with Crippen LogP contribution in [0.2, 0.25) is 0 Å². The molecule has 0 fully saturated rings. The van der Waals surface area contributed by atoms with E-state index in [1.54, 1.807) is 48.6 Å². The van der Waals surface area contributed by atoms with Gasteiger partial charge in [-0.15, -0.1) is 0 Å². The summed E-state index contributed by atoms with van der Waals surface area (Å²) in [5, 5.41) is 30.0. The van der Waals surface area contributed by atoms with Gasteiger partial charge in [0.05, 0.1) is 0 Å². The van der Waals surface area contributed by atoms with E-state index < -0.39 is 0 Å². The van der Waals surface area contributed by atoms with Gasteiger partial charge in [0.2, 0.25) is 0 Å². The Hall–Kier alpha value is -3.53. The number of carbonyl (C=O) groups is 1. The van der Waals surface area contributed by atoms with Gasteiger partial charge in [0.15, 0.2) is 5.78 Å². The first-order chi connectivity index (χ1) is 15.7. The number of allylic oxidation sites excluding steroid dienone is 5. The lowest BCUT2D eigenvalue weighted by Gasteiger charge is -2.33. The zero-order chi connectivity index (χ0) is 24.0. The van der Waals surface area contributed by atoms with E-state index in [0.29, 0.717) is 11.8 Å². The molecule has 0 bridgehead atoms. The minimum atomic E-state index is -0.348. The highest BCUT2D eigenvalue weighted by atomic mass is 16.3. The Labute approximate surface area is 195 Å². The molecule has 2 aromatic rings. The standard InChI is InChI=1S/C29H32O4/c1-19(2)26-14-4-20(3)16-27(26)28-17-22(9-15-29(28)33)8-13-25(32)18-24(31)12-7-21-5-10-23(30)11-6-21/h5-13,15-19,26-27,30,32-33H,4,14H2,1-3H3. The van der Waals surface area contributed by atoms with Gasteiger partial charge in [0.25, 0.3) is 0 Å². The van der Waals surface area contributed by atoms with Gasteiger partial charge in [-0.1, -0.05) is 55.8 Å². The quantitative estimate of drug-likeness (QED) is 0.187. The third-order valence-corrected chi connectivity index (χ3v) is 6.13. The predicted molar refractivity (Wildman–Crippen MR) is 134 cm³/mol. The Morgan fingerprint density at radius 2 is 1.67 bits per heavy atom. The Morgan fingerprint density at radius 3 is 2.36 bits per heavy atom. The van der Waals surface area contributed by atoms with Crippen LogP contribution in [0.25, 0.3) is 12.2 Å². The lowest BCUT2D eigenvalue weighted by Crippen LogP contribution is -2.21. The van der Waals surface area contributed by atoms with Crippen molar-refractivity contribution in [1.82, 2.24) is 0 Å². The first kappa shape index (κ1) is 24.1. The minimum absolute atomic E-state index is 0.154. The number of rotatable bonds is 7. The molecule has 0 spiro atoms. The zero-order valence-corrected chi connectivity index (χ0v) is 19.4. The van der Waals surface area contributed by atoms with Gasteiger partial charge in [0, 0.05) is 17.6 Å². The normalized spacial score (nSPS) is 19.4. The van der Waals surface area contributed by atoms with Gasteiger partial charge in [-0.2, -0.15) is 0 Å². The first-order valence-corrected chi connectivity index (χ1v) is 11.3. The number of aromatic hydroxyl groups is 2. The summed E-state index contributed by atoms with van der Waals surface area (Å²) < 4.78 is 0. The van der Waals surface area contributed by atoms with E-state index in [1.165, 1.54) is 17.7 Å². The average molecular weight is 445 g/mol. The molecule has 0 saturated heterocycles. The second kappa shape index (κ2) is 10.9. The molecule has 172 valence electrons. The molecule has 0 aromatic heterocycles. The fourth-order valence-electron chi connectivity index (χ4n) is 4.29. The number of carbonyl (C=O) groups excluding carboxylic acids is 1. The highest BCUT2D eigenvalue weighted by molar-refractivity contribution is 6.02. The highest BCUT2D eigenvalue weighted by Crippen LogP contribution is 2.43. The van der Waals surface area contributed by atoms with Crippen molar-refractivity contribution in [2.45, 2.75) is 39.5 Å². The van der Waals surface area contributed by atoms with E-state index >= 15 is 0 Å². The second-order valence-corrected chi connectivity index (χ2v) is 9.03. The summed E-state index contributed by atoms with van der Waals surface area (Å²) in [6.07, 6.45) is 11.8. The maximum Gasteiger partial charge on any atom is 0.182 e. The summed E-state index contributed by atoms with van der Waals surface area (Å²) in [5.74, 6) is 1.06. The van der Waals surface area contributed by atoms with E-state index in [2.05, 4.69) is 26.8 Å². The van der Waals surface area contributed by atoms with Crippen molar-refractivity contribution >= 4 is 17.9 Å². The number of hydrogen-bond donors (Lipinski definition) is 3. The molecule has 0 radical (unpaired) electrons. The number of phenolic OH excluding ortho intramolecular Hbond substituents is 2. The predicted octanol–water partition coefficient (Wildman–Crippen LogP) is 6.93. The van der Waals surface area contributed by atoms with Crippen LogP contribution in [0.1, 0.15) is 56.2 Å². The van der Waals surface area contributed by atoms with Crippen molar-refractivity contribution in [2.75, 3.05) is 0 Å². The van der Waals surface area contributed by atoms with E-state index in [0.717, 1.165) is 35.6 Å². The molecule has 0 heterocycles. The Balaban J connectivity index is 1.75. The van der Waals surface area contributed by atoms with Crippen molar-refractivity contribution in [2.24, 2.45) is 11.8 Å². The average Bonchev–Trinajstić information content (AvgIpc) is 2.78. The summed E-state index contributed by atoms with van der Waals surface area (Å²) in [6, 6.07) is 11.9. The molecule has 2 unspecified atom stereocenters. The van der Waals surface area contributed by atoms with E-state index in [-0.39, 0.29) is 29.0 Å². The third kappa shape index (κ3) is 6.72. The Kier molecular flexibility index (Phi) is 7.94. The number of aliphatic hydroxyl groups excluding tert-OH is 1. The van der Waals surface area contributed by atoms with Crippen LogP contribution in [0.3, 0.4) is 0 Å². The topological polar surface area (TPSA) is 77.8 Å². The lowest BCUT2D eigenvalue weighted by molar-refractivity contribution is -0.110. The summed E-state index contributed by atoms with van der Waals surface area (Å²) >= 11 is 0. The first-order valence-electron chi connectivity index (χ1n) is 11.3. The van der Waals surface area contributed by atoms with Crippen LogP contribution >= 0.6 is 0 Å². The van der Waals surface area contributed by atoms with Crippen molar-refractivity contribution in [3.63, 3.8) is 0 Å². The van der Waals surface area contributed by atoms with Crippen molar-refractivity contribution in [3.8, 4) is 11.5 Å². The fourth-order valence-corrected chi connectivity index (χ4v) is 4.29. The van der Waals surface area contributed by atoms with E-state index in [1.807, 2.05) is 6.07 Å². The maximum atomic E-state index is 12.1. The molecule has 2 atom stereocenters. The number of aliphatic hydroxyl groups is 1. The van der Waals surface area contributed by atoms with Gasteiger partial charge >= 0.3 is 0 Å². The van der Waals surface area contributed by atoms with Crippen molar-refractivity contribution < 1.29 is 20.1 Å². The molecule has 2 aromatic carbocycles. The second-order valence-electron chi connectivity index (χ2n) is 9.03. The summed E-state index contributed by atoms with van der Waals surface area (Å²) in [7, 11) is 0. The van der Waals surface area contributed by atoms with Gasteiger partial charge in [-0.3, -0.25) is 4.79 Å². The van der Waals surface area contributed by atoms with Crippen LogP contribution in [0.15, 0.2) is 78.1 Å². The monoisotopic (exact) mass is 444 g/mol. The number of ketones is 1. The number of benzene rings is 2. The molecule has 0 saturated carbocycles. The highest BCUT2D eigenvalue weighted by Gasteiger charge is 2.29. The molecule has 33 heavy (non-hydrogen) atoms. The largest absolute Gasteiger partial charge is 0.508 e. The van der Waals surface area contributed by atoms with Gasteiger partial charge in [-0.05, 0) is 79.1 Å². The molecule has 3 rings (SSSR count). The summed E-state index contributed by atoms with van der Waals surface area (Å²) in [6.45, 7) is 6.59. The van der Waals surface area contributed by atoms with Gasteiger partial charge in [-0.25, -0.2) is 0 Å². The van der Waals surface area contributed by atoms with Crippen LogP contribution < -0.4 is 0 Å². The van der Waals surface area contributed by atoms with E-state index in [4.69, 9.17) is 0 Å². The minimum Gasteiger partial charge on any atom is -0.508 e. The molecule has 4 heteroatoms. The molecule has 4 nitrogen and oxygen atoms in total. The van der Waals surface area contributed by atoms with Gasteiger partial charge < -0.3 is 15.3 Å². The van der Waals surface area contributed by atoms with Crippen LogP contribution in [0.4, 0.5) is 0 Å². The Bertz CT molecular complexity index is 1100. The lowest BCUT2D eigenvalue weighted by atomic mass is 9.72. The summed E-state index contributed by atoms with van der Waals surface area (Å²) in [4.78, 5) is 12.1. The molecule has 0 aliphatic heterocycles. The smallest absolute Gasteiger partial charge is 0.182 e. The number of phenols is 2. The maximum absolute atomic E-state index is 12.1. The third-order valence-electron chi connectivity index (χ3n) is 6.13. The molecule has 3 N–H and O–H groups in total. The molecule has 1 aliphatic carbocycles. The molecule has 0 amide bonds.